The normalized spacial score (nSPS) is 17.1. The van der Waals surface area contributed by atoms with Crippen molar-refractivity contribution in [2.24, 2.45) is 11.3 Å². The number of hydrazine groups is 1. The van der Waals surface area contributed by atoms with Gasteiger partial charge in [0, 0.05) is 17.0 Å². The summed E-state index contributed by atoms with van der Waals surface area (Å²) in [6.07, 6.45) is 1.23. The van der Waals surface area contributed by atoms with E-state index in [1.807, 2.05) is 11.8 Å². The smallest absolute Gasteiger partial charge is 0.0349 e. The van der Waals surface area contributed by atoms with Crippen LogP contribution in [0, 0.1) is 5.41 Å². The zero-order valence-electron chi connectivity index (χ0n) is 9.55. The van der Waals surface area contributed by atoms with Crippen LogP contribution >= 0.6 is 11.8 Å². The molecule has 0 aromatic heterocycles. The molecule has 0 saturated heterocycles. The molecule has 0 saturated carbocycles. The Morgan fingerprint density at radius 3 is 2.23 bits per heavy atom. The topological polar surface area (TPSA) is 38.0 Å². The minimum atomic E-state index is 0.245. The van der Waals surface area contributed by atoms with E-state index in [1.54, 1.807) is 0 Å². The molecule has 0 aromatic rings. The molecular formula is C10H24N2S. The van der Waals surface area contributed by atoms with Gasteiger partial charge in [-0.15, -0.1) is 0 Å². The number of nitrogens with two attached hydrogens (primary N) is 1. The fourth-order valence-corrected chi connectivity index (χ4v) is 2.28. The highest BCUT2D eigenvalue weighted by atomic mass is 32.2. The standard InChI is InChI=1S/C10H24N2S/c1-6-8(2)13-7-9(12-11)10(3,4)5/h8-9,12H,6-7,11H2,1-5H3. The zero-order chi connectivity index (χ0) is 10.5. The highest BCUT2D eigenvalue weighted by Crippen LogP contribution is 2.24. The maximum absolute atomic E-state index is 5.52. The van der Waals surface area contributed by atoms with Crippen LogP contribution < -0.4 is 11.3 Å². The van der Waals surface area contributed by atoms with Crippen molar-refractivity contribution >= 4 is 11.8 Å². The van der Waals surface area contributed by atoms with Crippen LogP contribution in [0.1, 0.15) is 41.0 Å². The molecule has 3 N–H and O–H groups in total. The minimum Gasteiger partial charge on any atom is -0.271 e. The molecule has 0 aliphatic carbocycles. The molecule has 0 amide bonds. The van der Waals surface area contributed by atoms with Crippen LogP contribution in [0.15, 0.2) is 0 Å². The van der Waals surface area contributed by atoms with Crippen molar-refractivity contribution in [3.05, 3.63) is 0 Å². The Labute approximate surface area is 87.0 Å². The monoisotopic (exact) mass is 204 g/mol. The van der Waals surface area contributed by atoms with Crippen molar-refractivity contribution in [3.8, 4) is 0 Å². The molecule has 0 fully saturated rings. The van der Waals surface area contributed by atoms with Gasteiger partial charge in [0.25, 0.3) is 0 Å². The highest BCUT2D eigenvalue weighted by Gasteiger charge is 2.23. The van der Waals surface area contributed by atoms with E-state index in [-0.39, 0.29) is 5.41 Å². The third-order valence-electron chi connectivity index (χ3n) is 2.37. The molecular weight excluding hydrogens is 180 g/mol. The second-order valence-corrected chi connectivity index (χ2v) is 6.11. The molecule has 0 radical (unpaired) electrons. The zero-order valence-corrected chi connectivity index (χ0v) is 10.4. The van der Waals surface area contributed by atoms with E-state index in [4.69, 9.17) is 5.84 Å². The van der Waals surface area contributed by atoms with E-state index in [2.05, 4.69) is 40.0 Å². The van der Waals surface area contributed by atoms with Gasteiger partial charge in [-0.1, -0.05) is 34.6 Å². The molecule has 0 rings (SSSR count). The quantitative estimate of drug-likeness (QED) is 0.533. The Hall–Kier alpha value is 0.270. The molecule has 3 heteroatoms. The lowest BCUT2D eigenvalue weighted by Crippen LogP contribution is -2.46. The van der Waals surface area contributed by atoms with E-state index in [0.29, 0.717) is 6.04 Å². The summed E-state index contributed by atoms with van der Waals surface area (Å²) in [5, 5.41) is 0.734. The second-order valence-electron chi connectivity index (χ2n) is 4.64. The van der Waals surface area contributed by atoms with E-state index < -0.39 is 0 Å². The Morgan fingerprint density at radius 1 is 1.38 bits per heavy atom. The van der Waals surface area contributed by atoms with Gasteiger partial charge >= 0.3 is 0 Å². The first-order chi connectivity index (χ1) is 5.91. The van der Waals surface area contributed by atoms with E-state index in [9.17, 15) is 0 Å². The molecule has 13 heavy (non-hydrogen) atoms. The molecule has 0 spiro atoms. The van der Waals surface area contributed by atoms with Gasteiger partial charge in [0.05, 0.1) is 0 Å². The molecule has 0 aliphatic rings. The Bertz CT molecular complexity index is 131. The van der Waals surface area contributed by atoms with Crippen molar-refractivity contribution in [2.45, 2.75) is 52.3 Å². The van der Waals surface area contributed by atoms with Gasteiger partial charge in [0.15, 0.2) is 0 Å². The van der Waals surface area contributed by atoms with Crippen molar-refractivity contribution in [3.63, 3.8) is 0 Å². The van der Waals surface area contributed by atoms with Gasteiger partial charge in [-0.05, 0) is 11.8 Å². The van der Waals surface area contributed by atoms with Gasteiger partial charge in [0.1, 0.15) is 0 Å². The van der Waals surface area contributed by atoms with Gasteiger partial charge in [-0.3, -0.25) is 11.3 Å². The lowest BCUT2D eigenvalue weighted by molar-refractivity contribution is 0.294. The van der Waals surface area contributed by atoms with Crippen LogP contribution in [0.4, 0.5) is 0 Å². The average molecular weight is 204 g/mol. The first-order valence-electron chi connectivity index (χ1n) is 4.99. The number of rotatable bonds is 5. The summed E-state index contributed by atoms with van der Waals surface area (Å²) in [5.41, 5.74) is 3.15. The number of thioether (sulfide) groups is 1. The van der Waals surface area contributed by atoms with Gasteiger partial charge < -0.3 is 0 Å². The van der Waals surface area contributed by atoms with Crippen LogP contribution in [0.25, 0.3) is 0 Å². The van der Waals surface area contributed by atoms with Gasteiger partial charge in [-0.25, -0.2) is 0 Å². The van der Waals surface area contributed by atoms with Crippen LogP contribution in [-0.2, 0) is 0 Å². The average Bonchev–Trinajstić information content (AvgIpc) is 2.02. The first-order valence-corrected chi connectivity index (χ1v) is 6.04. The molecule has 2 unspecified atom stereocenters. The summed E-state index contributed by atoms with van der Waals surface area (Å²) >= 11 is 1.99. The van der Waals surface area contributed by atoms with Crippen molar-refractivity contribution in [2.75, 3.05) is 5.75 Å². The second kappa shape index (κ2) is 5.89. The minimum absolute atomic E-state index is 0.245. The Kier molecular flexibility index (Phi) is 6.01. The van der Waals surface area contributed by atoms with E-state index >= 15 is 0 Å². The van der Waals surface area contributed by atoms with Crippen molar-refractivity contribution < 1.29 is 0 Å². The summed E-state index contributed by atoms with van der Waals surface area (Å²) in [6.45, 7) is 11.1. The molecule has 0 heterocycles. The highest BCUT2D eigenvalue weighted by molar-refractivity contribution is 7.99. The third kappa shape index (κ3) is 5.55. The number of hydrogen-bond donors (Lipinski definition) is 2. The lowest BCUT2D eigenvalue weighted by atomic mass is 9.88. The van der Waals surface area contributed by atoms with Crippen LogP contribution in [0.2, 0.25) is 0 Å². The van der Waals surface area contributed by atoms with Gasteiger partial charge in [0.2, 0.25) is 0 Å². The maximum atomic E-state index is 5.52. The van der Waals surface area contributed by atoms with E-state index in [0.717, 1.165) is 11.0 Å². The van der Waals surface area contributed by atoms with Gasteiger partial charge in [-0.2, -0.15) is 11.8 Å². The van der Waals surface area contributed by atoms with Crippen LogP contribution in [-0.4, -0.2) is 17.0 Å². The maximum Gasteiger partial charge on any atom is 0.0349 e. The summed E-state index contributed by atoms with van der Waals surface area (Å²) < 4.78 is 0. The molecule has 0 aromatic carbocycles. The number of nitrogens with one attached hydrogen (secondary N) is 1. The summed E-state index contributed by atoms with van der Waals surface area (Å²) in [6, 6.07) is 0.395. The third-order valence-corrected chi connectivity index (χ3v) is 3.80. The van der Waals surface area contributed by atoms with Crippen molar-refractivity contribution in [1.29, 1.82) is 0 Å². The van der Waals surface area contributed by atoms with E-state index in [1.165, 1.54) is 6.42 Å². The van der Waals surface area contributed by atoms with Crippen LogP contribution in [0.5, 0.6) is 0 Å². The summed E-state index contributed by atoms with van der Waals surface area (Å²) in [5.74, 6) is 6.62. The number of hydrogen-bond acceptors (Lipinski definition) is 3. The Morgan fingerprint density at radius 2 is 1.92 bits per heavy atom. The SMILES string of the molecule is CCC(C)SCC(NN)C(C)(C)C. The molecule has 0 aliphatic heterocycles. The van der Waals surface area contributed by atoms with Crippen LogP contribution in [0.3, 0.4) is 0 Å². The first kappa shape index (κ1) is 13.3. The lowest BCUT2D eigenvalue weighted by Gasteiger charge is -2.30. The molecule has 0 bridgehead atoms. The fraction of sp³-hybridized carbons (Fsp3) is 1.00. The molecule has 2 atom stereocenters. The van der Waals surface area contributed by atoms with Crippen molar-refractivity contribution in [1.82, 2.24) is 5.43 Å². The summed E-state index contributed by atoms with van der Waals surface area (Å²) in [7, 11) is 0. The Balaban J connectivity index is 3.86. The predicted molar refractivity (Wildman–Crippen MR) is 62.8 cm³/mol. The largest absolute Gasteiger partial charge is 0.271 e. The molecule has 2 nitrogen and oxygen atoms in total. The molecule has 80 valence electrons. The fourth-order valence-electron chi connectivity index (χ4n) is 0.926. The predicted octanol–water partition coefficient (Wildman–Crippen LogP) is 2.40. The summed E-state index contributed by atoms with van der Waals surface area (Å²) in [4.78, 5) is 0.